The predicted molar refractivity (Wildman–Crippen MR) is 113 cm³/mol. The highest BCUT2D eigenvalue weighted by Crippen LogP contribution is 2.37. The Morgan fingerprint density at radius 1 is 1.28 bits per heavy atom. The standard InChI is InChI=1S/C22H24N6O/c1-13-6-7-17(19-16(13)8-9-29-19)26-22-27-20(24-11-14-4-2-3-5-14)18-15(10-23)12-25-21(18)28-22/h6-7,12,14H,2-5,8-9,11H2,1H3,(H3,24,25,26,27,28). The normalized spacial score (nSPS) is 15.9. The first-order chi connectivity index (χ1) is 14.2. The predicted octanol–water partition coefficient (Wildman–Crippen LogP) is 4.42. The van der Waals surface area contributed by atoms with Gasteiger partial charge in [-0.05, 0) is 37.3 Å². The Kier molecular flexibility index (Phi) is 4.47. The molecule has 5 rings (SSSR count). The molecule has 1 fully saturated rings. The zero-order valence-corrected chi connectivity index (χ0v) is 16.5. The van der Waals surface area contributed by atoms with Crippen LogP contribution in [0.15, 0.2) is 18.3 Å². The van der Waals surface area contributed by atoms with Crippen molar-refractivity contribution in [2.75, 3.05) is 23.8 Å². The third kappa shape index (κ3) is 3.25. The largest absolute Gasteiger partial charge is 0.491 e. The smallest absolute Gasteiger partial charge is 0.231 e. The molecule has 2 aliphatic rings. The summed E-state index contributed by atoms with van der Waals surface area (Å²) in [5.74, 6) is 2.74. The van der Waals surface area contributed by atoms with E-state index >= 15 is 0 Å². The number of hydrogen-bond acceptors (Lipinski definition) is 6. The van der Waals surface area contributed by atoms with Gasteiger partial charge in [-0.3, -0.25) is 0 Å². The van der Waals surface area contributed by atoms with Crippen LogP contribution in [-0.4, -0.2) is 28.1 Å². The molecule has 0 saturated heterocycles. The number of nitriles is 1. The fourth-order valence-corrected chi connectivity index (χ4v) is 4.44. The zero-order chi connectivity index (χ0) is 19.8. The highest BCUT2D eigenvalue weighted by molar-refractivity contribution is 5.93. The first-order valence-electron chi connectivity index (χ1n) is 10.3. The first kappa shape index (κ1) is 17.8. The molecule has 0 bridgehead atoms. The van der Waals surface area contributed by atoms with E-state index in [1.807, 2.05) is 6.07 Å². The van der Waals surface area contributed by atoms with Crippen LogP contribution < -0.4 is 15.4 Å². The highest BCUT2D eigenvalue weighted by Gasteiger charge is 2.21. The lowest BCUT2D eigenvalue weighted by Gasteiger charge is -2.15. The second-order valence-corrected chi connectivity index (χ2v) is 7.93. The fourth-order valence-electron chi connectivity index (χ4n) is 4.44. The van der Waals surface area contributed by atoms with Gasteiger partial charge in [0, 0.05) is 24.7 Å². The molecule has 1 aliphatic heterocycles. The maximum atomic E-state index is 9.48. The maximum Gasteiger partial charge on any atom is 0.231 e. The van der Waals surface area contributed by atoms with Crippen LogP contribution in [0.4, 0.5) is 17.5 Å². The van der Waals surface area contributed by atoms with Crippen LogP contribution in [0.3, 0.4) is 0 Å². The van der Waals surface area contributed by atoms with E-state index < -0.39 is 0 Å². The number of aromatic amines is 1. The molecule has 3 heterocycles. The van der Waals surface area contributed by atoms with Crippen molar-refractivity contribution >= 4 is 28.5 Å². The van der Waals surface area contributed by atoms with Crippen LogP contribution in [0, 0.1) is 24.2 Å². The molecule has 29 heavy (non-hydrogen) atoms. The lowest BCUT2D eigenvalue weighted by molar-refractivity contribution is 0.358. The second-order valence-electron chi connectivity index (χ2n) is 7.93. The summed E-state index contributed by atoms with van der Waals surface area (Å²) >= 11 is 0. The van der Waals surface area contributed by atoms with Gasteiger partial charge in [0.25, 0.3) is 0 Å². The molecule has 0 amide bonds. The van der Waals surface area contributed by atoms with Crippen molar-refractivity contribution < 1.29 is 4.74 Å². The average Bonchev–Trinajstić information content (AvgIpc) is 3.48. The summed E-state index contributed by atoms with van der Waals surface area (Å²) in [4.78, 5) is 12.4. The minimum Gasteiger partial charge on any atom is -0.491 e. The molecule has 3 aromatic rings. The average molecular weight is 388 g/mol. The van der Waals surface area contributed by atoms with E-state index in [4.69, 9.17) is 9.72 Å². The van der Waals surface area contributed by atoms with Gasteiger partial charge in [0.2, 0.25) is 5.95 Å². The van der Waals surface area contributed by atoms with Crippen LogP contribution in [0.25, 0.3) is 11.0 Å². The number of aryl methyl sites for hydroxylation is 1. The van der Waals surface area contributed by atoms with Gasteiger partial charge in [-0.2, -0.15) is 15.2 Å². The van der Waals surface area contributed by atoms with E-state index in [9.17, 15) is 5.26 Å². The Morgan fingerprint density at radius 2 is 2.14 bits per heavy atom. The van der Waals surface area contributed by atoms with Crippen molar-refractivity contribution in [2.45, 2.75) is 39.0 Å². The third-order valence-electron chi connectivity index (χ3n) is 6.02. The zero-order valence-electron chi connectivity index (χ0n) is 16.5. The molecule has 1 saturated carbocycles. The van der Waals surface area contributed by atoms with Gasteiger partial charge in [0.05, 0.1) is 23.2 Å². The Labute approximate surface area is 169 Å². The third-order valence-corrected chi connectivity index (χ3v) is 6.02. The summed E-state index contributed by atoms with van der Waals surface area (Å²) in [5.41, 5.74) is 4.55. The van der Waals surface area contributed by atoms with Crippen molar-refractivity contribution in [3.63, 3.8) is 0 Å². The van der Waals surface area contributed by atoms with Gasteiger partial charge in [0.1, 0.15) is 23.3 Å². The molecule has 0 unspecified atom stereocenters. The van der Waals surface area contributed by atoms with Crippen molar-refractivity contribution in [2.24, 2.45) is 5.92 Å². The summed E-state index contributed by atoms with van der Waals surface area (Å²) < 4.78 is 5.85. The quantitative estimate of drug-likeness (QED) is 0.598. The summed E-state index contributed by atoms with van der Waals surface area (Å²) in [7, 11) is 0. The van der Waals surface area contributed by atoms with Crippen LogP contribution in [0.2, 0.25) is 0 Å². The number of nitrogens with zero attached hydrogens (tertiary/aromatic N) is 3. The van der Waals surface area contributed by atoms with E-state index in [0.29, 0.717) is 35.5 Å². The molecule has 1 aromatic carbocycles. The maximum absolute atomic E-state index is 9.48. The van der Waals surface area contributed by atoms with Crippen molar-refractivity contribution in [1.82, 2.24) is 15.0 Å². The number of H-pyrrole nitrogens is 1. The number of ether oxygens (including phenoxy) is 1. The number of benzene rings is 1. The highest BCUT2D eigenvalue weighted by atomic mass is 16.5. The van der Waals surface area contributed by atoms with Crippen molar-refractivity contribution in [3.8, 4) is 11.8 Å². The Bertz CT molecular complexity index is 1110. The molecule has 3 N–H and O–H groups in total. The molecule has 7 heteroatoms. The molecule has 1 aliphatic carbocycles. The van der Waals surface area contributed by atoms with Crippen LogP contribution >= 0.6 is 0 Å². The van der Waals surface area contributed by atoms with Gasteiger partial charge in [-0.25, -0.2) is 0 Å². The van der Waals surface area contributed by atoms with E-state index in [1.54, 1.807) is 6.20 Å². The summed E-state index contributed by atoms with van der Waals surface area (Å²) in [6, 6.07) is 6.34. The molecular weight excluding hydrogens is 364 g/mol. The summed E-state index contributed by atoms with van der Waals surface area (Å²) in [6.07, 6.45) is 7.70. The number of hydrogen-bond donors (Lipinski definition) is 3. The minimum absolute atomic E-state index is 0.485. The second kappa shape index (κ2) is 7.28. The Morgan fingerprint density at radius 3 is 2.97 bits per heavy atom. The van der Waals surface area contributed by atoms with Crippen LogP contribution in [0.5, 0.6) is 5.75 Å². The lowest BCUT2D eigenvalue weighted by Crippen LogP contribution is -2.13. The van der Waals surface area contributed by atoms with Gasteiger partial charge in [-0.15, -0.1) is 0 Å². The van der Waals surface area contributed by atoms with Gasteiger partial charge >= 0.3 is 0 Å². The number of fused-ring (bicyclic) bond motifs is 2. The molecular formula is C22H24N6O. The van der Waals surface area contributed by atoms with Gasteiger partial charge in [-0.1, -0.05) is 18.9 Å². The molecule has 7 nitrogen and oxygen atoms in total. The number of anilines is 3. The molecule has 0 spiro atoms. The Balaban J connectivity index is 1.50. The fraction of sp³-hybridized carbons (Fsp3) is 0.409. The van der Waals surface area contributed by atoms with Gasteiger partial charge in [0.15, 0.2) is 0 Å². The van der Waals surface area contributed by atoms with E-state index in [2.05, 4.69) is 39.7 Å². The van der Waals surface area contributed by atoms with Crippen LogP contribution in [-0.2, 0) is 6.42 Å². The monoisotopic (exact) mass is 388 g/mol. The van der Waals surface area contributed by atoms with E-state index in [0.717, 1.165) is 29.8 Å². The van der Waals surface area contributed by atoms with Crippen molar-refractivity contribution in [3.05, 3.63) is 35.0 Å². The number of rotatable bonds is 5. The van der Waals surface area contributed by atoms with Gasteiger partial charge < -0.3 is 20.4 Å². The minimum atomic E-state index is 0.485. The van der Waals surface area contributed by atoms with E-state index in [-0.39, 0.29) is 0 Å². The van der Waals surface area contributed by atoms with Crippen molar-refractivity contribution in [1.29, 1.82) is 5.26 Å². The SMILES string of the molecule is Cc1ccc(Nc2nc(NCC3CCCC3)c3c(C#N)c[nH]c3n2)c2c1CCO2. The molecule has 2 aromatic heterocycles. The first-order valence-corrected chi connectivity index (χ1v) is 10.3. The molecule has 0 radical (unpaired) electrons. The lowest BCUT2D eigenvalue weighted by atomic mass is 10.1. The van der Waals surface area contributed by atoms with E-state index in [1.165, 1.54) is 36.8 Å². The number of aromatic nitrogens is 3. The molecule has 148 valence electrons. The van der Waals surface area contributed by atoms with Crippen LogP contribution in [0.1, 0.15) is 42.4 Å². The summed E-state index contributed by atoms with van der Waals surface area (Å²) in [6.45, 7) is 3.67. The summed E-state index contributed by atoms with van der Waals surface area (Å²) in [5, 5.41) is 17.0. The topological polar surface area (TPSA) is 98.7 Å². The number of nitrogens with one attached hydrogen (secondary N) is 3. The molecule has 0 atom stereocenters. The Hall–Kier alpha value is -3.27.